The smallest absolute Gasteiger partial charge is 0.293 e. The number of fused-ring (bicyclic) bond motifs is 1. The van der Waals surface area contributed by atoms with Crippen LogP contribution in [-0.2, 0) is 6.54 Å². The number of ether oxygens (including phenoxy) is 2. The molecule has 0 unspecified atom stereocenters. The quantitative estimate of drug-likeness (QED) is 0.541. The summed E-state index contributed by atoms with van der Waals surface area (Å²) in [5, 5.41) is 0. The van der Waals surface area contributed by atoms with Crippen LogP contribution in [0.5, 0.6) is 11.5 Å². The third-order valence-electron chi connectivity index (χ3n) is 5.75. The fourth-order valence-electron chi connectivity index (χ4n) is 4.30. The van der Waals surface area contributed by atoms with E-state index >= 15 is 0 Å². The zero-order valence-corrected chi connectivity index (χ0v) is 18.0. The minimum absolute atomic E-state index is 0.130. The van der Waals surface area contributed by atoms with Crippen LogP contribution in [0.4, 0.5) is 16.1 Å². The van der Waals surface area contributed by atoms with E-state index in [1.807, 2.05) is 26.0 Å². The molecule has 0 atom stereocenters. The number of hydrogen-bond acceptors (Lipinski definition) is 7. The maximum absolute atomic E-state index is 14.5. The van der Waals surface area contributed by atoms with Crippen molar-refractivity contribution < 1.29 is 18.3 Å². The number of likely N-dealkylation sites (tertiary alicyclic amines) is 1. The second-order valence-corrected chi connectivity index (χ2v) is 7.79. The van der Waals surface area contributed by atoms with Gasteiger partial charge in [0.25, 0.3) is 6.01 Å². The van der Waals surface area contributed by atoms with Crippen molar-refractivity contribution in [3.05, 3.63) is 41.2 Å². The summed E-state index contributed by atoms with van der Waals surface area (Å²) in [6, 6.07) is 7.58. The van der Waals surface area contributed by atoms with E-state index in [9.17, 15) is 4.39 Å². The lowest BCUT2D eigenvalue weighted by atomic mass is 9.88. The SMILES string of the molecule is CCOc1cc(CN2CCC(c3ccc4oc(N)nc4c3N)CC2)cc(OCC)c1F. The summed E-state index contributed by atoms with van der Waals surface area (Å²) in [6.07, 6.45) is 1.95. The molecule has 0 saturated carbocycles. The van der Waals surface area contributed by atoms with E-state index in [0.717, 1.165) is 37.1 Å². The van der Waals surface area contributed by atoms with Gasteiger partial charge in [-0.25, -0.2) is 0 Å². The van der Waals surface area contributed by atoms with Gasteiger partial charge in [0, 0.05) is 6.54 Å². The van der Waals surface area contributed by atoms with Crippen molar-refractivity contribution in [2.45, 2.75) is 39.2 Å². The van der Waals surface area contributed by atoms with Crippen LogP contribution in [0.3, 0.4) is 0 Å². The van der Waals surface area contributed by atoms with Crippen molar-refractivity contribution in [2.75, 3.05) is 37.8 Å². The van der Waals surface area contributed by atoms with Crippen LogP contribution in [0.15, 0.2) is 28.7 Å². The number of aromatic nitrogens is 1. The molecule has 1 aromatic heterocycles. The Morgan fingerprint density at radius 3 is 2.35 bits per heavy atom. The van der Waals surface area contributed by atoms with Gasteiger partial charge in [-0.1, -0.05) is 6.07 Å². The Bertz CT molecular complexity index is 1030. The number of anilines is 2. The molecule has 7 nitrogen and oxygen atoms in total. The van der Waals surface area contributed by atoms with Gasteiger partial charge >= 0.3 is 0 Å². The summed E-state index contributed by atoms with van der Waals surface area (Å²) in [5.41, 5.74) is 16.0. The zero-order chi connectivity index (χ0) is 22.0. The molecule has 31 heavy (non-hydrogen) atoms. The van der Waals surface area contributed by atoms with Crippen molar-refractivity contribution in [2.24, 2.45) is 0 Å². The normalized spacial score (nSPS) is 15.5. The molecule has 1 fully saturated rings. The van der Waals surface area contributed by atoms with Gasteiger partial charge in [0.15, 0.2) is 17.1 Å². The number of piperidine rings is 1. The van der Waals surface area contributed by atoms with Gasteiger partial charge in [-0.2, -0.15) is 9.37 Å². The highest BCUT2D eigenvalue weighted by molar-refractivity contribution is 5.88. The van der Waals surface area contributed by atoms with Crippen LogP contribution in [0, 0.1) is 5.82 Å². The molecule has 0 bridgehead atoms. The highest BCUT2D eigenvalue weighted by Gasteiger charge is 2.24. The number of nitrogen functional groups attached to an aromatic ring is 2. The third-order valence-corrected chi connectivity index (χ3v) is 5.75. The van der Waals surface area contributed by atoms with Crippen molar-refractivity contribution >= 4 is 22.8 Å². The predicted octanol–water partition coefficient (Wildman–Crippen LogP) is 4.31. The summed E-state index contributed by atoms with van der Waals surface area (Å²) in [4.78, 5) is 6.57. The second-order valence-electron chi connectivity index (χ2n) is 7.79. The van der Waals surface area contributed by atoms with Crippen LogP contribution in [0.1, 0.15) is 43.7 Å². The summed E-state index contributed by atoms with van der Waals surface area (Å²) in [7, 11) is 0. The molecule has 2 heterocycles. The Labute approximate surface area is 181 Å². The molecule has 0 radical (unpaired) electrons. The molecule has 0 spiro atoms. The Morgan fingerprint density at radius 2 is 1.74 bits per heavy atom. The molecule has 0 aliphatic carbocycles. The molecular weight excluding hydrogens is 399 g/mol. The molecule has 8 heteroatoms. The lowest BCUT2D eigenvalue weighted by Crippen LogP contribution is -2.32. The summed E-state index contributed by atoms with van der Waals surface area (Å²) >= 11 is 0. The van der Waals surface area contributed by atoms with Crippen LogP contribution < -0.4 is 20.9 Å². The molecular formula is C23H29FN4O3. The number of halogens is 1. The fourth-order valence-corrected chi connectivity index (χ4v) is 4.30. The monoisotopic (exact) mass is 428 g/mol. The van der Waals surface area contributed by atoms with Crippen molar-refractivity contribution in [1.29, 1.82) is 0 Å². The topological polar surface area (TPSA) is 99.8 Å². The summed E-state index contributed by atoms with van der Waals surface area (Å²) in [5.74, 6) is 0.396. The number of rotatable bonds is 7. The van der Waals surface area contributed by atoms with Gasteiger partial charge in [0.1, 0.15) is 5.52 Å². The molecule has 1 saturated heterocycles. The highest BCUT2D eigenvalue weighted by atomic mass is 19.1. The van der Waals surface area contributed by atoms with E-state index in [1.54, 1.807) is 12.1 Å². The number of benzene rings is 2. The Kier molecular flexibility index (Phi) is 6.18. The largest absolute Gasteiger partial charge is 0.491 e. The zero-order valence-electron chi connectivity index (χ0n) is 18.0. The Morgan fingerprint density at radius 1 is 1.10 bits per heavy atom. The van der Waals surface area contributed by atoms with Crippen molar-refractivity contribution in [3.8, 4) is 11.5 Å². The van der Waals surface area contributed by atoms with E-state index in [2.05, 4.69) is 9.88 Å². The fraction of sp³-hybridized carbons (Fsp3) is 0.435. The lowest BCUT2D eigenvalue weighted by molar-refractivity contribution is 0.204. The van der Waals surface area contributed by atoms with Crippen LogP contribution >= 0.6 is 0 Å². The lowest BCUT2D eigenvalue weighted by Gasteiger charge is -2.32. The van der Waals surface area contributed by atoms with Crippen LogP contribution in [0.25, 0.3) is 11.1 Å². The number of nitrogens with two attached hydrogens (primary N) is 2. The van der Waals surface area contributed by atoms with Gasteiger partial charge in [-0.3, -0.25) is 4.90 Å². The minimum Gasteiger partial charge on any atom is -0.491 e. The van der Waals surface area contributed by atoms with Crippen LogP contribution in [0.2, 0.25) is 0 Å². The first kappa shape index (κ1) is 21.2. The average molecular weight is 429 g/mol. The van der Waals surface area contributed by atoms with Crippen LogP contribution in [-0.4, -0.2) is 36.2 Å². The first-order valence-corrected chi connectivity index (χ1v) is 10.7. The molecule has 4 N–H and O–H groups in total. The van der Waals surface area contributed by atoms with Gasteiger partial charge in [-0.15, -0.1) is 0 Å². The average Bonchev–Trinajstić information content (AvgIpc) is 3.14. The number of hydrogen-bond donors (Lipinski definition) is 2. The van der Waals surface area contributed by atoms with Gasteiger partial charge in [-0.05, 0) is 75.0 Å². The first-order chi connectivity index (χ1) is 15.0. The molecule has 2 aromatic carbocycles. The highest BCUT2D eigenvalue weighted by Crippen LogP contribution is 2.37. The predicted molar refractivity (Wildman–Crippen MR) is 119 cm³/mol. The molecule has 1 aliphatic heterocycles. The second kappa shape index (κ2) is 9.01. The maximum atomic E-state index is 14.5. The maximum Gasteiger partial charge on any atom is 0.293 e. The molecule has 3 aromatic rings. The van der Waals surface area contributed by atoms with E-state index in [4.69, 9.17) is 25.4 Å². The molecule has 4 rings (SSSR count). The van der Waals surface area contributed by atoms with Crippen molar-refractivity contribution in [3.63, 3.8) is 0 Å². The number of oxazole rings is 1. The summed E-state index contributed by atoms with van der Waals surface area (Å²) in [6.45, 7) is 7.02. The third kappa shape index (κ3) is 4.39. The van der Waals surface area contributed by atoms with Gasteiger partial charge in [0.05, 0.1) is 18.9 Å². The molecule has 166 valence electrons. The standard InChI is InChI=1S/C23H29FN4O3/c1-3-29-18-11-14(12-19(20(18)24)30-4-2)13-28-9-7-15(8-10-28)16-5-6-17-22(21(16)25)27-23(26)31-17/h5-6,11-12,15H,3-4,7-10,13,25H2,1-2H3,(H2,26,27). The summed E-state index contributed by atoms with van der Waals surface area (Å²) < 4.78 is 30.8. The van der Waals surface area contributed by atoms with E-state index in [-0.39, 0.29) is 17.5 Å². The van der Waals surface area contributed by atoms with Gasteiger partial charge < -0.3 is 25.4 Å². The number of nitrogens with zero attached hydrogens (tertiary/aromatic N) is 2. The van der Waals surface area contributed by atoms with E-state index in [0.29, 0.717) is 42.5 Å². The Hall–Kier alpha value is -3.00. The van der Waals surface area contributed by atoms with Crippen molar-refractivity contribution in [1.82, 2.24) is 9.88 Å². The molecule has 0 amide bonds. The molecule has 1 aliphatic rings. The van der Waals surface area contributed by atoms with E-state index in [1.165, 1.54) is 0 Å². The van der Waals surface area contributed by atoms with E-state index < -0.39 is 5.82 Å². The first-order valence-electron chi connectivity index (χ1n) is 10.7. The minimum atomic E-state index is -0.439. The van der Waals surface area contributed by atoms with Gasteiger partial charge in [0.2, 0.25) is 5.82 Å². The Balaban J connectivity index is 1.45.